The number of aliphatic hydroxyl groups is 1. The fraction of sp³-hybridized carbons (Fsp3) is 0.111. The van der Waals surface area contributed by atoms with Crippen LogP contribution in [0.3, 0.4) is 0 Å². The van der Waals surface area contributed by atoms with E-state index in [1.165, 1.54) is 0 Å². The molecule has 1 aliphatic rings. The summed E-state index contributed by atoms with van der Waals surface area (Å²) in [4.78, 5) is 1.12. The van der Waals surface area contributed by atoms with E-state index in [-0.39, 0.29) is 5.25 Å². The van der Waals surface area contributed by atoms with Crippen molar-refractivity contribution in [2.75, 3.05) is 0 Å². The summed E-state index contributed by atoms with van der Waals surface area (Å²) >= 11 is 7.85. The van der Waals surface area contributed by atoms with Crippen LogP contribution >= 0.6 is 23.4 Å². The maximum atomic E-state index is 10.9. The van der Waals surface area contributed by atoms with Gasteiger partial charge in [-0.2, -0.15) is 0 Å². The van der Waals surface area contributed by atoms with Gasteiger partial charge >= 0.3 is 0 Å². The second kappa shape index (κ2) is 5.51. The molecule has 3 aromatic rings. The second-order valence-corrected chi connectivity index (χ2v) is 6.93. The van der Waals surface area contributed by atoms with E-state index in [1.54, 1.807) is 11.8 Å². The van der Waals surface area contributed by atoms with Crippen LogP contribution in [0.4, 0.5) is 0 Å². The first-order valence-electron chi connectivity index (χ1n) is 7.11. The van der Waals surface area contributed by atoms with Gasteiger partial charge in [-0.15, -0.1) is 11.8 Å². The van der Waals surface area contributed by atoms with Gasteiger partial charge in [-0.05, 0) is 35.9 Å². The Kier molecular flexibility index (Phi) is 3.49. The molecule has 0 fully saturated rings. The van der Waals surface area contributed by atoms with Crippen LogP contribution in [0.2, 0.25) is 5.02 Å². The summed E-state index contributed by atoms with van der Waals surface area (Å²) < 4.78 is 2.03. The predicted octanol–water partition coefficient (Wildman–Crippen LogP) is 5.01. The molecule has 0 saturated heterocycles. The van der Waals surface area contributed by atoms with E-state index in [1.807, 2.05) is 59.3 Å². The lowest BCUT2D eigenvalue weighted by Crippen LogP contribution is -2.09. The fourth-order valence-corrected chi connectivity index (χ4v) is 4.31. The van der Waals surface area contributed by atoms with Gasteiger partial charge in [0.15, 0.2) is 0 Å². The Morgan fingerprint density at radius 3 is 2.64 bits per heavy atom. The molecule has 0 unspecified atom stereocenters. The van der Waals surface area contributed by atoms with Gasteiger partial charge in [0.25, 0.3) is 0 Å². The van der Waals surface area contributed by atoms with Crippen LogP contribution in [0.1, 0.15) is 22.6 Å². The van der Waals surface area contributed by atoms with Crippen molar-refractivity contribution in [1.82, 2.24) is 4.57 Å². The third-order valence-corrected chi connectivity index (χ3v) is 5.55. The minimum absolute atomic E-state index is 0.0442. The number of aliphatic hydroxyl groups excluding tert-OH is 1. The molecule has 22 heavy (non-hydrogen) atoms. The van der Waals surface area contributed by atoms with Crippen LogP contribution in [-0.4, -0.2) is 9.67 Å². The fourth-order valence-electron chi connectivity index (χ4n) is 2.88. The van der Waals surface area contributed by atoms with Gasteiger partial charge in [0.1, 0.15) is 6.10 Å². The van der Waals surface area contributed by atoms with Crippen molar-refractivity contribution >= 4 is 23.4 Å². The van der Waals surface area contributed by atoms with E-state index in [4.69, 9.17) is 11.6 Å². The highest BCUT2D eigenvalue weighted by molar-refractivity contribution is 7.99. The summed E-state index contributed by atoms with van der Waals surface area (Å²) in [5.41, 5.74) is 3.04. The van der Waals surface area contributed by atoms with E-state index in [9.17, 15) is 5.11 Å². The van der Waals surface area contributed by atoms with Crippen molar-refractivity contribution in [3.8, 4) is 5.69 Å². The molecular weight excluding hydrogens is 314 g/mol. The Labute approximate surface area is 138 Å². The van der Waals surface area contributed by atoms with E-state index in [0.717, 1.165) is 21.8 Å². The second-order valence-electron chi connectivity index (χ2n) is 5.31. The molecule has 2 atom stereocenters. The highest BCUT2D eigenvalue weighted by Crippen LogP contribution is 2.49. The van der Waals surface area contributed by atoms with Gasteiger partial charge in [-0.1, -0.05) is 41.9 Å². The molecule has 4 rings (SSSR count). The van der Waals surface area contributed by atoms with Crippen molar-refractivity contribution in [3.05, 3.63) is 83.1 Å². The molecule has 4 heteroatoms. The van der Waals surface area contributed by atoms with Gasteiger partial charge in [0, 0.05) is 16.1 Å². The molecule has 110 valence electrons. The lowest BCUT2D eigenvalue weighted by Gasteiger charge is -2.20. The van der Waals surface area contributed by atoms with Crippen LogP contribution in [0.5, 0.6) is 0 Å². The SMILES string of the molecule is O[C@H]1c2cccn2-c2cc(Cl)ccc2S[C@@H]1c1ccccc1. The molecule has 2 heterocycles. The molecule has 1 N–H and O–H groups in total. The predicted molar refractivity (Wildman–Crippen MR) is 90.8 cm³/mol. The molecule has 0 radical (unpaired) electrons. The van der Waals surface area contributed by atoms with Crippen LogP contribution < -0.4 is 0 Å². The zero-order valence-corrected chi connectivity index (χ0v) is 13.3. The highest BCUT2D eigenvalue weighted by Gasteiger charge is 2.30. The molecule has 2 aromatic carbocycles. The maximum Gasteiger partial charge on any atom is 0.111 e. The number of benzene rings is 2. The third-order valence-electron chi connectivity index (χ3n) is 3.93. The number of hydrogen-bond donors (Lipinski definition) is 1. The van der Waals surface area contributed by atoms with Crippen molar-refractivity contribution in [3.63, 3.8) is 0 Å². The molecule has 0 bridgehead atoms. The number of hydrogen-bond acceptors (Lipinski definition) is 2. The Hall–Kier alpha value is -1.68. The Morgan fingerprint density at radius 1 is 1.00 bits per heavy atom. The van der Waals surface area contributed by atoms with Gasteiger partial charge < -0.3 is 9.67 Å². The van der Waals surface area contributed by atoms with Crippen LogP contribution in [0.25, 0.3) is 5.69 Å². The Bertz CT molecular complexity index is 815. The van der Waals surface area contributed by atoms with Crippen molar-refractivity contribution in [2.24, 2.45) is 0 Å². The molecule has 2 nitrogen and oxygen atoms in total. The molecule has 0 aliphatic carbocycles. The quantitative estimate of drug-likeness (QED) is 0.679. The smallest absolute Gasteiger partial charge is 0.111 e. The Morgan fingerprint density at radius 2 is 1.82 bits per heavy atom. The first kappa shape index (κ1) is 13.9. The van der Waals surface area contributed by atoms with Crippen LogP contribution in [-0.2, 0) is 0 Å². The number of aromatic nitrogens is 1. The largest absolute Gasteiger partial charge is 0.385 e. The summed E-state index contributed by atoms with van der Waals surface area (Å²) in [5.74, 6) is 0. The maximum absolute atomic E-state index is 10.9. The van der Waals surface area contributed by atoms with Crippen LogP contribution in [0.15, 0.2) is 71.8 Å². The summed E-state index contributed by atoms with van der Waals surface area (Å²) in [6.45, 7) is 0. The molecule has 1 aromatic heterocycles. The highest BCUT2D eigenvalue weighted by atomic mass is 35.5. The summed E-state index contributed by atoms with van der Waals surface area (Å²) in [6, 6.07) is 19.9. The molecule has 0 spiro atoms. The third kappa shape index (κ3) is 2.26. The monoisotopic (exact) mass is 327 g/mol. The zero-order valence-electron chi connectivity index (χ0n) is 11.7. The summed E-state index contributed by atoms with van der Waals surface area (Å²) in [5, 5.41) is 11.6. The van der Waals surface area contributed by atoms with Crippen molar-refractivity contribution in [2.45, 2.75) is 16.2 Å². The van der Waals surface area contributed by atoms with E-state index < -0.39 is 6.10 Å². The average Bonchev–Trinajstić information content (AvgIpc) is 2.99. The van der Waals surface area contributed by atoms with E-state index in [2.05, 4.69) is 12.1 Å². The lowest BCUT2D eigenvalue weighted by molar-refractivity contribution is 0.169. The zero-order chi connectivity index (χ0) is 15.1. The molecule has 0 saturated carbocycles. The number of rotatable bonds is 1. The minimum atomic E-state index is -0.575. The number of thioether (sulfide) groups is 1. The average molecular weight is 328 g/mol. The standard InChI is InChI=1S/C18H14ClNOS/c19-13-8-9-16-15(11-13)20-10-4-7-14(20)17(21)18(22-16)12-5-2-1-3-6-12/h1-11,17-18,21H/t17-,18+/m0/s1. The molecule has 0 amide bonds. The normalized spacial score (nSPS) is 20.1. The summed E-state index contributed by atoms with van der Waals surface area (Å²) in [6.07, 6.45) is 1.40. The number of halogens is 1. The topological polar surface area (TPSA) is 25.2 Å². The minimum Gasteiger partial charge on any atom is -0.385 e. The number of nitrogens with zero attached hydrogens (tertiary/aromatic N) is 1. The van der Waals surface area contributed by atoms with Gasteiger partial charge in [-0.3, -0.25) is 0 Å². The lowest BCUT2D eigenvalue weighted by atomic mass is 10.0. The van der Waals surface area contributed by atoms with Gasteiger partial charge in [0.05, 0.1) is 16.6 Å². The number of fused-ring (bicyclic) bond motifs is 3. The van der Waals surface area contributed by atoms with Gasteiger partial charge in [0.2, 0.25) is 0 Å². The van der Waals surface area contributed by atoms with Crippen molar-refractivity contribution in [1.29, 1.82) is 0 Å². The van der Waals surface area contributed by atoms with E-state index in [0.29, 0.717) is 5.02 Å². The van der Waals surface area contributed by atoms with Crippen molar-refractivity contribution < 1.29 is 5.11 Å². The molecule has 1 aliphatic heterocycles. The first-order valence-corrected chi connectivity index (χ1v) is 8.36. The first-order chi connectivity index (χ1) is 10.7. The summed E-state index contributed by atoms with van der Waals surface area (Å²) in [7, 11) is 0. The Balaban J connectivity index is 1.91. The van der Waals surface area contributed by atoms with E-state index >= 15 is 0 Å². The van der Waals surface area contributed by atoms with Crippen LogP contribution in [0, 0.1) is 0 Å². The molecular formula is C18H14ClNOS. The van der Waals surface area contributed by atoms with Gasteiger partial charge in [-0.25, -0.2) is 0 Å².